The zero-order valence-electron chi connectivity index (χ0n) is 16.3. The molecule has 0 fully saturated rings. The second kappa shape index (κ2) is 9.50. The number of carboxylic acids is 2. The lowest BCUT2D eigenvalue weighted by molar-refractivity contribution is -0.159. The average Bonchev–Trinajstić information content (AvgIpc) is 3.04. The van der Waals surface area contributed by atoms with Crippen molar-refractivity contribution in [2.24, 2.45) is 7.05 Å². The van der Waals surface area contributed by atoms with Gasteiger partial charge in [-0.05, 0) is 48.7 Å². The van der Waals surface area contributed by atoms with Gasteiger partial charge >= 0.3 is 11.9 Å². The quantitative estimate of drug-likeness (QED) is 0.579. The van der Waals surface area contributed by atoms with Crippen LogP contribution < -0.4 is 5.32 Å². The fourth-order valence-corrected chi connectivity index (χ4v) is 2.53. The molecule has 0 bridgehead atoms. The zero-order valence-corrected chi connectivity index (χ0v) is 16.3. The number of hydrogen-bond donors (Lipinski definition) is 3. The monoisotopic (exact) mass is 399 g/mol. The Morgan fingerprint density at radius 1 is 1.03 bits per heavy atom. The van der Waals surface area contributed by atoms with E-state index in [1.165, 1.54) is 23.3 Å². The van der Waals surface area contributed by atoms with E-state index in [1.54, 1.807) is 12.1 Å². The number of hydrogen-bond acceptors (Lipinski definition) is 4. The molecule has 1 heterocycles. The Hall–Kier alpha value is -3.68. The minimum atomic E-state index is -1.82. The number of carbonyl (C=O) groups is 2. The number of aromatic nitrogens is 2. The average molecular weight is 399 g/mol. The van der Waals surface area contributed by atoms with E-state index in [4.69, 9.17) is 19.8 Å². The first-order valence-corrected chi connectivity index (χ1v) is 8.73. The molecule has 0 saturated heterocycles. The third kappa shape index (κ3) is 5.90. The molecule has 0 aliphatic heterocycles. The Balaban J connectivity index is 0.000000438. The van der Waals surface area contributed by atoms with Crippen LogP contribution in [-0.4, -0.2) is 31.7 Å². The molecule has 0 amide bonds. The molecule has 0 aliphatic rings. The number of aryl methyl sites for hydroxylation is 2. The van der Waals surface area contributed by atoms with E-state index in [0.717, 1.165) is 22.8 Å². The van der Waals surface area contributed by atoms with Crippen molar-refractivity contribution in [3.05, 3.63) is 71.2 Å². The van der Waals surface area contributed by atoms with Crippen LogP contribution in [0.15, 0.2) is 48.7 Å². The molecule has 7 nitrogen and oxygen atoms in total. The SMILES string of the molecule is Cc1ccc(-c2cnc(NCc3ccc(F)cc3)n2C)cc1C.O=C(O)C(=O)O. The molecule has 152 valence electrons. The van der Waals surface area contributed by atoms with E-state index in [9.17, 15) is 4.39 Å². The topological polar surface area (TPSA) is 104 Å². The number of nitrogens with one attached hydrogen (secondary N) is 1. The Morgan fingerprint density at radius 2 is 1.66 bits per heavy atom. The molecule has 3 rings (SSSR count). The lowest BCUT2D eigenvalue weighted by Crippen LogP contribution is -2.09. The fourth-order valence-electron chi connectivity index (χ4n) is 2.53. The van der Waals surface area contributed by atoms with Gasteiger partial charge in [0.1, 0.15) is 5.82 Å². The summed E-state index contributed by atoms with van der Waals surface area (Å²) in [5.41, 5.74) is 5.78. The second-order valence-electron chi connectivity index (χ2n) is 6.42. The van der Waals surface area contributed by atoms with Gasteiger partial charge in [0.15, 0.2) is 0 Å². The number of nitrogens with zero attached hydrogens (tertiary/aromatic N) is 2. The van der Waals surface area contributed by atoms with Crippen LogP contribution in [0.1, 0.15) is 16.7 Å². The summed E-state index contributed by atoms with van der Waals surface area (Å²) >= 11 is 0. The highest BCUT2D eigenvalue weighted by atomic mass is 19.1. The third-order valence-corrected chi connectivity index (χ3v) is 4.34. The molecular weight excluding hydrogens is 377 g/mol. The molecule has 3 N–H and O–H groups in total. The molecular formula is C21H22FN3O4. The largest absolute Gasteiger partial charge is 0.473 e. The van der Waals surface area contributed by atoms with Gasteiger partial charge < -0.3 is 20.1 Å². The molecule has 0 unspecified atom stereocenters. The van der Waals surface area contributed by atoms with Gasteiger partial charge in [-0.15, -0.1) is 0 Å². The number of aliphatic carboxylic acids is 2. The minimum absolute atomic E-state index is 0.220. The Bertz CT molecular complexity index is 1000. The number of imidazole rings is 1. The summed E-state index contributed by atoms with van der Waals surface area (Å²) in [5, 5.41) is 18.1. The maximum atomic E-state index is 12.9. The number of benzene rings is 2. The number of anilines is 1. The maximum absolute atomic E-state index is 12.9. The molecule has 3 aromatic rings. The highest BCUT2D eigenvalue weighted by molar-refractivity contribution is 6.27. The summed E-state index contributed by atoms with van der Waals surface area (Å²) in [6.45, 7) is 4.83. The number of carboxylic acid groups (broad SMARTS) is 2. The summed E-state index contributed by atoms with van der Waals surface area (Å²) in [6.07, 6.45) is 1.87. The van der Waals surface area contributed by atoms with Crippen LogP contribution in [-0.2, 0) is 23.2 Å². The maximum Gasteiger partial charge on any atom is 0.414 e. The Kier molecular flexibility index (Phi) is 7.08. The molecule has 0 radical (unpaired) electrons. The van der Waals surface area contributed by atoms with Gasteiger partial charge in [-0.25, -0.2) is 19.0 Å². The molecule has 29 heavy (non-hydrogen) atoms. The summed E-state index contributed by atoms with van der Waals surface area (Å²) in [5.74, 6) is -3.07. The van der Waals surface area contributed by atoms with Crippen LogP contribution in [0, 0.1) is 19.7 Å². The highest BCUT2D eigenvalue weighted by Gasteiger charge is 2.09. The lowest BCUT2D eigenvalue weighted by atomic mass is 10.0. The first kappa shape index (κ1) is 21.6. The summed E-state index contributed by atoms with van der Waals surface area (Å²) in [7, 11) is 1.99. The first-order chi connectivity index (χ1) is 13.7. The van der Waals surface area contributed by atoms with Crippen molar-refractivity contribution >= 4 is 17.9 Å². The van der Waals surface area contributed by atoms with Gasteiger partial charge in [0.2, 0.25) is 5.95 Å². The molecule has 0 spiro atoms. The number of halogens is 1. The van der Waals surface area contributed by atoms with Crippen LogP contribution in [0.4, 0.5) is 10.3 Å². The highest BCUT2D eigenvalue weighted by Crippen LogP contribution is 2.24. The van der Waals surface area contributed by atoms with E-state index in [0.29, 0.717) is 6.54 Å². The Morgan fingerprint density at radius 3 is 2.21 bits per heavy atom. The van der Waals surface area contributed by atoms with Crippen molar-refractivity contribution in [3.63, 3.8) is 0 Å². The van der Waals surface area contributed by atoms with E-state index in [2.05, 4.69) is 42.3 Å². The predicted octanol–water partition coefficient (Wildman–Crippen LogP) is 3.61. The first-order valence-electron chi connectivity index (χ1n) is 8.73. The van der Waals surface area contributed by atoms with Crippen LogP contribution in [0.3, 0.4) is 0 Å². The van der Waals surface area contributed by atoms with Gasteiger partial charge in [0.05, 0.1) is 11.9 Å². The fraction of sp³-hybridized carbons (Fsp3) is 0.190. The second-order valence-corrected chi connectivity index (χ2v) is 6.42. The van der Waals surface area contributed by atoms with Crippen molar-refractivity contribution in [3.8, 4) is 11.3 Å². The smallest absolute Gasteiger partial charge is 0.414 e. The van der Waals surface area contributed by atoms with Crippen molar-refractivity contribution < 1.29 is 24.2 Å². The van der Waals surface area contributed by atoms with E-state index >= 15 is 0 Å². The number of rotatable bonds is 4. The molecule has 0 atom stereocenters. The van der Waals surface area contributed by atoms with Crippen LogP contribution in [0.2, 0.25) is 0 Å². The standard InChI is InChI=1S/C19H20FN3.C2H2O4/c1-13-4-7-16(10-14(13)2)18-12-22-19(23(18)3)21-11-15-5-8-17(20)9-6-15;3-1(4)2(5)6/h4-10,12H,11H2,1-3H3,(H,21,22);(H,3,4)(H,5,6). The molecule has 2 aromatic carbocycles. The third-order valence-electron chi connectivity index (χ3n) is 4.34. The minimum Gasteiger partial charge on any atom is -0.473 e. The summed E-state index contributed by atoms with van der Waals surface area (Å²) < 4.78 is 15.0. The van der Waals surface area contributed by atoms with Gasteiger partial charge in [-0.3, -0.25) is 0 Å². The lowest BCUT2D eigenvalue weighted by Gasteiger charge is -2.09. The van der Waals surface area contributed by atoms with Gasteiger partial charge in [0, 0.05) is 19.2 Å². The van der Waals surface area contributed by atoms with E-state index < -0.39 is 11.9 Å². The van der Waals surface area contributed by atoms with Crippen LogP contribution >= 0.6 is 0 Å². The van der Waals surface area contributed by atoms with Gasteiger partial charge in [0.25, 0.3) is 0 Å². The molecule has 1 aromatic heterocycles. The van der Waals surface area contributed by atoms with Gasteiger partial charge in [-0.2, -0.15) is 0 Å². The molecule has 0 saturated carbocycles. The van der Waals surface area contributed by atoms with Crippen molar-refractivity contribution in [1.82, 2.24) is 9.55 Å². The van der Waals surface area contributed by atoms with Crippen molar-refractivity contribution in [2.75, 3.05) is 5.32 Å². The van der Waals surface area contributed by atoms with Crippen molar-refractivity contribution in [2.45, 2.75) is 20.4 Å². The zero-order chi connectivity index (χ0) is 21.6. The summed E-state index contributed by atoms with van der Waals surface area (Å²) in [6, 6.07) is 12.9. The summed E-state index contributed by atoms with van der Waals surface area (Å²) in [4.78, 5) is 22.7. The normalized spacial score (nSPS) is 10.1. The van der Waals surface area contributed by atoms with E-state index in [1.807, 2.05) is 17.8 Å². The van der Waals surface area contributed by atoms with Crippen LogP contribution in [0.5, 0.6) is 0 Å². The van der Waals surface area contributed by atoms with Gasteiger partial charge in [-0.1, -0.05) is 24.3 Å². The van der Waals surface area contributed by atoms with Crippen LogP contribution in [0.25, 0.3) is 11.3 Å². The van der Waals surface area contributed by atoms with E-state index in [-0.39, 0.29) is 5.82 Å². The Labute approximate surface area is 167 Å². The predicted molar refractivity (Wildman–Crippen MR) is 107 cm³/mol. The molecule has 8 heteroatoms. The molecule has 0 aliphatic carbocycles. The van der Waals surface area contributed by atoms with Crippen molar-refractivity contribution in [1.29, 1.82) is 0 Å².